The van der Waals surface area contributed by atoms with Crippen LogP contribution in [0.3, 0.4) is 0 Å². The minimum absolute atomic E-state index is 0.0742. The first-order valence-electron chi connectivity index (χ1n) is 9.45. The van der Waals surface area contributed by atoms with E-state index in [1.54, 1.807) is 36.6 Å². The zero-order chi connectivity index (χ0) is 22.5. The van der Waals surface area contributed by atoms with Crippen molar-refractivity contribution in [2.75, 3.05) is 0 Å². The predicted octanol–water partition coefficient (Wildman–Crippen LogP) is 5.14. The van der Waals surface area contributed by atoms with Crippen LogP contribution in [0.1, 0.15) is 35.9 Å². The molecule has 0 atom stereocenters. The Morgan fingerprint density at radius 1 is 1.23 bits per heavy atom. The SMILES string of the molecule is CCC1=NN2C(=N)/C(=C/c3cc(C)n(-c4cccc(C(F)(F)F)c4)c3C)C(=O)N=C2S1. The van der Waals surface area contributed by atoms with E-state index >= 15 is 0 Å². The summed E-state index contributed by atoms with van der Waals surface area (Å²) in [5, 5.41) is 15.2. The van der Waals surface area contributed by atoms with E-state index in [4.69, 9.17) is 5.41 Å². The Hall–Kier alpha value is -3.14. The van der Waals surface area contributed by atoms with E-state index in [1.165, 1.54) is 22.8 Å². The molecule has 2 aliphatic heterocycles. The van der Waals surface area contributed by atoms with Gasteiger partial charge in [0.15, 0.2) is 5.84 Å². The summed E-state index contributed by atoms with van der Waals surface area (Å²) in [5.41, 5.74) is 1.68. The van der Waals surface area contributed by atoms with Gasteiger partial charge in [-0.1, -0.05) is 13.0 Å². The number of halogens is 3. The first-order valence-corrected chi connectivity index (χ1v) is 10.3. The quantitative estimate of drug-likeness (QED) is 0.665. The van der Waals surface area contributed by atoms with Crippen LogP contribution in [0.25, 0.3) is 11.8 Å². The van der Waals surface area contributed by atoms with Crippen molar-refractivity contribution in [2.24, 2.45) is 10.1 Å². The molecule has 2 aliphatic rings. The predicted molar refractivity (Wildman–Crippen MR) is 116 cm³/mol. The molecule has 0 fully saturated rings. The maximum atomic E-state index is 13.1. The van der Waals surface area contributed by atoms with Gasteiger partial charge < -0.3 is 4.57 Å². The lowest BCUT2D eigenvalue weighted by Crippen LogP contribution is -2.35. The molecule has 1 aromatic heterocycles. The summed E-state index contributed by atoms with van der Waals surface area (Å²) in [5.74, 6) is -0.616. The number of hydrogen-bond donors (Lipinski definition) is 1. The van der Waals surface area contributed by atoms with Gasteiger partial charge in [-0.2, -0.15) is 28.3 Å². The molecule has 160 valence electrons. The van der Waals surface area contributed by atoms with E-state index in [0.29, 0.717) is 34.2 Å². The zero-order valence-electron chi connectivity index (χ0n) is 16.9. The molecule has 31 heavy (non-hydrogen) atoms. The second kappa shape index (κ2) is 7.52. The summed E-state index contributed by atoms with van der Waals surface area (Å²) in [7, 11) is 0. The van der Waals surface area contributed by atoms with Crippen molar-refractivity contribution < 1.29 is 18.0 Å². The third-order valence-corrected chi connectivity index (χ3v) is 6.05. The number of rotatable bonds is 3. The van der Waals surface area contributed by atoms with E-state index < -0.39 is 17.6 Å². The van der Waals surface area contributed by atoms with Crippen LogP contribution >= 0.6 is 11.8 Å². The number of thioether (sulfide) groups is 1. The minimum Gasteiger partial charge on any atom is -0.318 e. The van der Waals surface area contributed by atoms with Crippen molar-refractivity contribution in [1.29, 1.82) is 5.41 Å². The molecular formula is C21H18F3N5OS. The molecule has 0 spiro atoms. The van der Waals surface area contributed by atoms with E-state index in [2.05, 4.69) is 10.1 Å². The first kappa shape index (κ1) is 21.1. The van der Waals surface area contributed by atoms with Crippen LogP contribution < -0.4 is 0 Å². The fourth-order valence-corrected chi connectivity index (χ4v) is 4.31. The topological polar surface area (TPSA) is 73.8 Å². The molecule has 3 heterocycles. The lowest BCUT2D eigenvalue weighted by atomic mass is 10.1. The lowest BCUT2D eigenvalue weighted by molar-refractivity contribution is -0.137. The molecule has 4 rings (SSSR count). The Kier molecular flexibility index (Phi) is 5.12. The zero-order valence-corrected chi connectivity index (χ0v) is 17.7. The largest absolute Gasteiger partial charge is 0.416 e. The van der Waals surface area contributed by atoms with Crippen molar-refractivity contribution >= 4 is 39.8 Å². The van der Waals surface area contributed by atoms with E-state index in [-0.39, 0.29) is 11.4 Å². The van der Waals surface area contributed by atoms with Crippen molar-refractivity contribution in [3.63, 3.8) is 0 Å². The molecule has 0 bridgehead atoms. The molecule has 0 saturated heterocycles. The van der Waals surface area contributed by atoms with Crippen LogP contribution in [-0.4, -0.2) is 31.5 Å². The number of hydrazone groups is 1. The third kappa shape index (κ3) is 3.71. The number of aromatic nitrogens is 1. The Bertz CT molecular complexity index is 1210. The van der Waals surface area contributed by atoms with Gasteiger partial charge in [0.2, 0.25) is 5.17 Å². The van der Waals surface area contributed by atoms with Crippen LogP contribution in [-0.2, 0) is 11.0 Å². The minimum atomic E-state index is -4.44. The van der Waals surface area contributed by atoms with Crippen molar-refractivity contribution in [1.82, 2.24) is 9.58 Å². The highest BCUT2D eigenvalue weighted by Crippen LogP contribution is 2.33. The fraction of sp³-hybridized carbons (Fsp3) is 0.238. The molecule has 6 nitrogen and oxygen atoms in total. The van der Waals surface area contributed by atoms with Gasteiger partial charge >= 0.3 is 6.18 Å². The maximum absolute atomic E-state index is 13.1. The number of alkyl halides is 3. The van der Waals surface area contributed by atoms with Crippen LogP contribution in [0.4, 0.5) is 13.2 Å². The van der Waals surface area contributed by atoms with E-state index in [9.17, 15) is 18.0 Å². The van der Waals surface area contributed by atoms with E-state index in [0.717, 1.165) is 17.2 Å². The molecule has 1 N–H and O–H groups in total. The van der Waals surface area contributed by atoms with Gasteiger partial charge in [-0.05, 0) is 67.9 Å². The number of nitrogens with zero attached hydrogens (tertiary/aromatic N) is 4. The molecule has 0 radical (unpaired) electrons. The molecular weight excluding hydrogens is 427 g/mol. The van der Waals surface area contributed by atoms with Gasteiger partial charge in [-0.25, -0.2) is 0 Å². The highest BCUT2D eigenvalue weighted by Gasteiger charge is 2.35. The average Bonchev–Trinajstić information content (AvgIpc) is 3.25. The standard InChI is InChI=1S/C21H18F3N5OS/c1-4-17-27-29-18(25)16(19(30)26-20(29)31-17)9-13-8-11(2)28(12(13)3)15-7-5-6-14(10-15)21(22,23)24/h5-10,25H,4H2,1-3H3/b16-9-,25-18?. The average molecular weight is 445 g/mol. The Balaban J connectivity index is 1.75. The monoisotopic (exact) mass is 445 g/mol. The van der Waals surface area contributed by atoms with Gasteiger partial charge in [0, 0.05) is 17.1 Å². The molecule has 10 heteroatoms. The summed E-state index contributed by atoms with van der Waals surface area (Å²) < 4.78 is 41.1. The van der Waals surface area contributed by atoms with Crippen molar-refractivity contribution in [2.45, 2.75) is 33.4 Å². The molecule has 0 aliphatic carbocycles. The number of benzene rings is 1. The molecule has 0 saturated carbocycles. The summed E-state index contributed by atoms with van der Waals surface area (Å²) >= 11 is 1.26. The summed E-state index contributed by atoms with van der Waals surface area (Å²) in [6.45, 7) is 5.45. The van der Waals surface area contributed by atoms with E-state index in [1.807, 2.05) is 6.92 Å². The Morgan fingerprint density at radius 2 is 1.97 bits per heavy atom. The van der Waals surface area contributed by atoms with Gasteiger partial charge in [0.1, 0.15) is 5.04 Å². The molecule has 1 aromatic carbocycles. The number of nitrogens with one attached hydrogen (secondary N) is 1. The van der Waals surface area contributed by atoms with Crippen LogP contribution in [0.5, 0.6) is 0 Å². The smallest absolute Gasteiger partial charge is 0.318 e. The number of aryl methyl sites for hydroxylation is 1. The van der Waals surface area contributed by atoms with Gasteiger partial charge in [-0.3, -0.25) is 10.2 Å². The first-order chi connectivity index (χ1) is 14.6. The van der Waals surface area contributed by atoms with Gasteiger partial charge in [0.25, 0.3) is 5.91 Å². The third-order valence-electron chi connectivity index (χ3n) is 5.00. The van der Waals surface area contributed by atoms with Crippen LogP contribution in [0, 0.1) is 19.3 Å². The van der Waals surface area contributed by atoms with Crippen LogP contribution in [0.2, 0.25) is 0 Å². The Labute approximate surface area is 180 Å². The maximum Gasteiger partial charge on any atom is 0.416 e. The number of amides is 1. The highest BCUT2D eigenvalue weighted by atomic mass is 32.2. The number of amidine groups is 2. The van der Waals surface area contributed by atoms with Gasteiger partial charge in [-0.15, -0.1) is 0 Å². The number of carbonyl (C=O) groups excluding carboxylic acids is 1. The lowest BCUT2D eigenvalue weighted by Gasteiger charge is -2.20. The second-order valence-electron chi connectivity index (χ2n) is 7.08. The summed E-state index contributed by atoms with van der Waals surface area (Å²) in [6.07, 6.45) is -2.24. The molecule has 2 aromatic rings. The number of hydrogen-bond acceptors (Lipinski definition) is 4. The Morgan fingerprint density at radius 3 is 2.65 bits per heavy atom. The summed E-state index contributed by atoms with van der Waals surface area (Å²) in [4.78, 5) is 16.6. The van der Waals surface area contributed by atoms with Crippen LogP contribution in [0.15, 0.2) is 46.0 Å². The molecule has 0 unspecified atom stereocenters. The normalized spacial score (nSPS) is 17.9. The summed E-state index contributed by atoms with van der Waals surface area (Å²) in [6, 6.07) is 6.84. The van der Waals surface area contributed by atoms with Crippen molar-refractivity contribution in [3.05, 3.63) is 58.4 Å². The number of aliphatic imine (C=N–C) groups is 1. The number of carbonyl (C=O) groups is 1. The van der Waals surface area contributed by atoms with Crippen molar-refractivity contribution in [3.8, 4) is 5.69 Å². The second-order valence-corrected chi connectivity index (χ2v) is 8.12. The highest BCUT2D eigenvalue weighted by molar-refractivity contribution is 8.26. The van der Waals surface area contributed by atoms with Gasteiger partial charge in [0.05, 0.1) is 11.1 Å². The fourth-order valence-electron chi connectivity index (χ4n) is 3.48. The molecule has 1 amide bonds. The number of fused-ring (bicyclic) bond motifs is 1.